The molecule has 6 nitrogen and oxygen atoms in total. The van der Waals surface area contributed by atoms with Gasteiger partial charge in [-0.1, -0.05) is 0 Å². The molecule has 0 bridgehead atoms. The number of aliphatic hydroxyl groups excluding tert-OH is 1. The maximum absolute atomic E-state index is 11.5. The van der Waals surface area contributed by atoms with Crippen LogP contribution in [0.1, 0.15) is 19.3 Å². The summed E-state index contributed by atoms with van der Waals surface area (Å²) in [6.45, 7) is 0.503. The summed E-state index contributed by atoms with van der Waals surface area (Å²) in [7, 11) is -3.71. The summed E-state index contributed by atoms with van der Waals surface area (Å²) in [6, 6.07) is 0. The minimum Gasteiger partial charge on any atom is -0.480 e. The molecule has 1 heterocycles. The number of nitrogens with zero attached hydrogens (tertiary/aromatic N) is 1. The van der Waals surface area contributed by atoms with Gasteiger partial charge in [0, 0.05) is 13.1 Å². The highest BCUT2D eigenvalue weighted by molar-refractivity contribution is 7.89. The predicted molar refractivity (Wildman–Crippen MR) is 52.9 cm³/mol. The van der Waals surface area contributed by atoms with Crippen LogP contribution in [0.4, 0.5) is 0 Å². The number of carbonyl (C=O) groups is 1. The predicted octanol–water partition coefficient (Wildman–Crippen LogP) is -0.752. The van der Waals surface area contributed by atoms with Crippen molar-refractivity contribution in [1.82, 2.24) is 4.31 Å². The Morgan fingerprint density at radius 1 is 1.33 bits per heavy atom. The summed E-state index contributed by atoms with van der Waals surface area (Å²) < 4.78 is 24.2. The molecule has 0 amide bonds. The minimum atomic E-state index is -3.71. The number of aliphatic hydroxyl groups is 1. The van der Waals surface area contributed by atoms with E-state index in [1.165, 1.54) is 0 Å². The number of rotatable bonds is 3. The molecule has 1 aliphatic heterocycles. The fourth-order valence-corrected chi connectivity index (χ4v) is 2.86. The van der Waals surface area contributed by atoms with Crippen LogP contribution in [0.15, 0.2) is 0 Å². The van der Waals surface area contributed by atoms with Gasteiger partial charge >= 0.3 is 5.97 Å². The third kappa shape index (κ3) is 3.77. The van der Waals surface area contributed by atoms with E-state index < -0.39 is 27.8 Å². The molecule has 0 aromatic carbocycles. The average Bonchev–Trinajstić information content (AvgIpc) is 2.27. The Balaban J connectivity index is 2.66. The van der Waals surface area contributed by atoms with Crippen LogP contribution in [-0.4, -0.2) is 53.9 Å². The first-order chi connectivity index (χ1) is 6.92. The number of carboxylic acid groups (broad SMARTS) is 1. The van der Waals surface area contributed by atoms with E-state index in [0.29, 0.717) is 25.8 Å². The lowest BCUT2D eigenvalue weighted by atomic mass is 10.2. The van der Waals surface area contributed by atoms with Crippen LogP contribution in [0, 0.1) is 0 Å². The molecule has 1 saturated heterocycles. The van der Waals surface area contributed by atoms with Crippen LogP contribution >= 0.6 is 0 Å². The Labute approximate surface area is 88.6 Å². The van der Waals surface area contributed by atoms with Gasteiger partial charge in [0.05, 0.1) is 6.10 Å². The first kappa shape index (κ1) is 12.4. The van der Waals surface area contributed by atoms with Crippen molar-refractivity contribution in [3.05, 3.63) is 0 Å². The van der Waals surface area contributed by atoms with Crippen molar-refractivity contribution in [1.29, 1.82) is 0 Å². The molecular weight excluding hydrogens is 222 g/mol. The fraction of sp³-hybridized carbons (Fsp3) is 0.875. The van der Waals surface area contributed by atoms with Crippen LogP contribution < -0.4 is 0 Å². The van der Waals surface area contributed by atoms with Crippen molar-refractivity contribution in [2.24, 2.45) is 0 Å². The zero-order valence-corrected chi connectivity index (χ0v) is 9.11. The van der Waals surface area contributed by atoms with Crippen LogP contribution in [-0.2, 0) is 14.8 Å². The molecule has 1 aliphatic rings. The lowest BCUT2D eigenvalue weighted by Gasteiger charge is -2.18. The first-order valence-electron chi connectivity index (χ1n) is 4.79. The molecule has 88 valence electrons. The van der Waals surface area contributed by atoms with Gasteiger partial charge in [-0.25, -0.2) is 12.7 Å². The van der Waals surface area contributed by atoms with Crippen LogP contribution in [0.3, 0.4) is 0 Å². The SMILES string of the molecule is O=C(O)CS(=O)(=O)N1CCCC(O)CC1. The molecule has 1 rings (SSSR count). The highest BCUT2D eigenvalue weighted by Gasteiger charge is 2.27. The number of hydrogen-bond acceptors (Lipinski definition) is 4. The van der Waals surface area contributed by atoms with Gasteiger partial charge in [-0.05, 0) is 19.3 Å². The molecular formula is C8H15NO5S. The Morgan fingerprint density at radius 2 is 2.00 bits per heavy atom. The quantitative estimate of drug-likeness (QED) is 0.673. The smallest absolute Gasteiger partial charge is 0.320 e. The van der Waals surface area contributed by atoms with E-state index in [1.807, 2.05) is 0 Å². The van der Waals surface area contributed by atoms with Gasteiger partial charge < -0.3 is 10.2 Å². The van der Waals surface area contributed by atoms with Crippen LogP contribution in [0.5, 0.6) is 0 Å². The monoisotopic (exact) mass is 237 g/mol. The summed E-state index contributed by atoms with van der Waals surface area (Å²) in [5.74, 6) is -2.22. The summed E-state index contributed by atoms with van der Waals surface area (Å²) in [6.07, 6.45) is 1.04. The van der Waals surface area contributed by atoms with Gasteiger partial charge in [0.15, 0.2) is 5.75 Å². The third-order valence-electron chi connectivity index (χ3n) is 2.36. The van der Waals surface area contributed by atoms with Crippen molar-refractivity contribution in [3.8, 4) is 0 Å². The standard InChI is InChI=1S/C8H15NO5S/c10-7-2-1-4-9(5-3-7)15(13,14)6-8(11)12/h7,10H,1-6H2,(H,11,12). The normalized spacial score (nSPS) is 24.7. The molecule has 0 aliphatic carbocycles. The highest BCUT2D eigenvalue weighted by atomic mass is 32.2. The molecule has 2 N–H and O–H groups in total. The van der Waals surface area contributed by atoms with Crippen molar-refractivity contribution in [3.63, 3.8) is 0 Å². The summed E-state index contributed by atoms with van der Waals surface area (Å²) in [5, 5.41) is 17.8. The van der Waals surface area contributed by atoms with Crippen molar-refractivity contribution >= 4 is 16.0 Å². The summed E-state index contributed by atoms with van der Waals surface area (Å²) in [5.41, 5.74) is 0. The second kappa shape index (κ2) is 4.91. The second-order valence-corrected chi connectivity index (χ2v) is 5.60. The van der Waals surface area contributed by atoms with Crippen molar-refractivity contribution in [2.75, 3.05) is 18.8 Å². The van der Waals surface area contributed by atoms with E-state index >= 15 is 0 Å². The Morgan fingerprint density at radius 3 is 2.60 bits per heavy atom. The highest BCUT2D eigenvalue weighted by Crippen LogP contribution is 2.14. The summed E-state index contributed by atoms with van der Waals surface area (Å²) in [4.78, 5) is 10.4. The molecule has 7 heteroatoms. The number of aliphatic carboxylic acids is 1. The van der Waals surface area contributed by atoms with Gasteiger partial charge in [0.2, 0.25) is 10.0 Å². The number of carboxylic acids is 1. The van der Waals surface area contributed by atoms with E-state index in [-0.39, 0.29) is 6.54 Å². The molecule has 0 saturated carbocycles. The maximum atomic E-state index is 11.5. The molecule has 0 aromatic rings. The number of sulfonamides is 1. The van der Waals surface area contributed by atoms with Gasteiger partial charge in [-0.3, -0.25) is 4.79 Å². The van der Waals surface area contributed by atoms with Crippen LogP contribution in [0.25, 0.3) is 0 Å². The second-order valence-electron chi connectivity index (χ2n) is 3.63. The van der Waals surface area contributed by atoms with E-state index in [0.717, 1.165) is 4.31 Å². The van der Waals surface area contributed by atoms with Crippen LogP contribution in [0.2, 0.25) is 0 Å². The molecule has 15 heavy (non-hydrogen) atoms. The Kier molecular flexibility index (Phi) is 4.06. The zero-order chi connectivity index (χ0) is 11.5. The third-order valence-corrected chi connectivity index (χ3v) is 4.12. The van der Waals surface area contributed by atoms with Crippen molar-refractivity contribution in [2.45, 2.75) is 25.4 Å². The van der Waals surface area contributed by atoms with E-state index in [1.54, 1.807) is 0 Å². The first-order valence-corrected chi connectivity index (χ1v) is 6.40. The van der Waals surface area contributed by atoms with E-state index in [9.17, 15) is 18.3 Å². The molecule has 0 radical (unpaired) electrons. The van der Waals surface area contributed by atoms with Gasteiger partial charge in [0.25, 0.3) is 0 Å². The zero-order valence-electron chi connectivity index (χ0n) is 8.29. The van der Waals surface area contributed by atoms with Gasteiger partial charge in [-0.15, -0.1) is 0 Å². The van der Waals surface area contributed by atoms with E-state index in [4.69, 9.17) is 5.11 Å². The van der Waals surface area contributed by atoms with E-state index in [2.05, 4.69) is 0 Å². The molecule has 1 fully saturated rings. The number of hydrogen-bond donors (Lipinski definition) is 2. The van der Waals surface area contributed by atoms with Gasteiger partial charge in [-0.2, -0.15) is 0 Å². The van der Waals surface area contributed by atoms with Gasteiger partial charge in [0.1, 0.15) is 0 Å². The molecule has 0 spiro atoms. The summed E-state index contributed by atoms with van der Waals surface area (Å²) >= 11 is 0. The minimum absolute atomic E-state index is 0.205. The fourth-order valence-electron chi connectivity index (χ4n) is 1.58. The maximum Gasteiger partial charge on any atom is 0.320 e. The lowest BCUT2D eigenvalue weighted by Crippen LogP contribution is -2.36. The lowest BCUT2D eigenvalue weighted by molar-refractivity contribution is -0.134. The Hall–Kier alpha value is -0.660. The van der Waals surface area contributed by atoms with Crippen molar-refractivity contribution < 1.29 is 23.4 Å². The Bertz CT molecular complexity index is 326. The topological polar surface area (TPSA) is 94.9 Å². The average molecular weight is 237 g/mol. The molecule has 0 aromatic heterocycles. The molecule has 1 unspecified atom stereocenters. The molecule has 1 atom stereocenters. The largest absolute Gasteiger partial charge is 0.480 e.